The zero-order valence-electron chi connectivity index (χ0n) is 30.4. The third-order valence-electron chi connectivity index (χ3n) is 17.9. The fourth-order valence-corrected chi connectivity index (χ4v) is 15.7. The van der Waals surface area contributed by atoms with Crippen molar-refractivity contribution in [2.75, 3.05) is 0 Å². The molecule has 0 heterocycles. The van der Waals surface area contributed by atoms with Gasteiger partial charge in [-0.3, -0.25) is 24.0 Å². The van der Waals surface area contributed by atoms with E-state index in [2.05, 4.69) is 27.7 Å². The van der Waals surface area contributed by atoms with Gasteiger partial charge in [-0.1, -0.05) is 38.8 Å². The van der Waals surface area contributed by atoms with Gasteiger partial charge in [-0.2, -0.15) is 0 Å². The van der Waals surface area contributed by atoms with E-state index in [1.54, 1.807) is 13.8 Å². The number of Topliss-reactive ketones (excluding diaryl/α,β-unsaturated/α-hetero) is 3. The van der Waals surface area contributed by atoms with E-state index in [1.807, 2.05) is 12.2 Å². The Hall–Kier alpha value is -2.17. The molecule has 0 amide bonds. The quantitative estimate of drug-likeness (QED) is 0.304. The molecule has 0 saturated heterocycles. The summed E-state index contributed by atoms with van der Waals surface area (Å²) < 4.78 is 0. The van der Waals surface area contributed by atoms with Crippen molar-refractivity contribution in [1.82, 2.24) is 0 Å². The average Bonchev–Trinajstić information content (AvgIpc) is 3.58. The van der Waals surface area contributed by atoms with Gasteiger partial charge in [-0.15, -0.1) is 0 Å². The lowest BCUT2D eigenvalue weighted by Crippen LogP contribution is -2.59. The molecule has 14 atom stereocenters. The highest BCUT2D eigenvalue weighted by molar-refractivity contribution is 6.01. The third kappa shape index (κ3) is 4.23. The summed E-state index contributed by atoms with van der Waals surface area (Å²) in [5.41, 5.74) is 1.66. The molecule has 2 unspecified atom stereocenters. The molecule has 0 radical (unpaired) electrons. The molecule has 0 aliphatic heterocycles. The van der Waals surface area contributed by atoms with Gasteiger partial charge in [-0.25, -0.2) is 0 Å². The van der Waals surface area contributed by atoms with Gasteiger partial charge in [0.1, 0.15) is 17.3 Å². The molecule has 8 aliphatic carbocycles. The Balaban J connectivity index is 1.15. The summed E-state index contributed by atoms with van der Waals surface area (Å²) in [6.45, 7) is 12.9. The van der Waals surface area contributed by atoms with Gasteiger partial charge >= 0.3 is 0 Å². The average molecular weight is 655 g/mol. The van der Waals surface area contributed by atoms with E-state index >= 15 is 4.79 Å². The van der Waals surface area contributed by atoms with Crippen LogP contribution in [0.2, 0.25) is 0 Å². The van der Waals surface area contributed by atoms with Gasteiger partial charge in [0.25, 0.3) is 0 Å². The lowest BCUT2D eigenvalue weighted by Gasteiger charge is -2.62. The monoisotopic (exact) mass is 654 g/mol. The van der Waals surface area contributed by atoms with Crippen LogP contribution in [0.3, 0.4) is 0 Å². The molecule has 5 heteroatoms. The number of hydrogen-bond acceptors (Lipinski definition) is 5. The van der Waals surface area contributed by atoms with Crippen molar-refractivity contribution in [1.29, 1.82) is 0 Å². The number of allylic oxidation sites excluding steroid dienone is 2. The SMILES string of the molecule is CC(=O)[C@H]1CC[C@H]2[C@@H]3CCC4=CC(=O)CC(C(=O)C5CC(=O)C=C6CC[C@H]7[C@@H]8CC[C@H](C(C)=O)[C@@]8(C)CC[C@@H]7[C@]65C)[C@]4(C)[C@H]3CC[C@]12C. The molecular formula is C43H58O5. The Morgan fingerprint density at radius 1 is 0.542 bits per heavy atom. The first kappa shape index (κ1) is 33.0. The van der Waals surface area contributed by atoms with Crippen LogP contribution in [0.1, 0.15) is 131 Å². The third-order valence-corrected chi connectivity index (χ3v) is 17.9. The molecular weight excluding hydrogens is 596 g/mol. The molecule has 5 nitrogen and oxygen atoms in total. The lowest BCUT2D eigenvalue weighted by molar-refractivity contribution is -0.152. The Labute approximate surface area is 287 Å². The molecule has 6 fully saturated rings. The van der Waals surface area contributed by atoms with E-state index in [4.69, 9.17) is 0 Å². The first-order valence-electron chi connectivity index (χ1n) is 19.7. The summed E-state index contributed by atoms with van der Waals surface area (Å²) >= 11 is 0. The molecule has 0 aromatic carbocycles. The standard InChI is InChI=1S/C43H58O5/c1-23(44)31-11-13-33-29-9-7-25-19-27(46)21-37(42(25,5)35(29)15-17-40(31,33)3)39(48)38-22-28(47)20-26-8-10-30-34-14-12-32(24(2)45)41(34,4)18-16-36(30)43(26,38)6/h19-20,29-38H,7-18,21-22H2,1-6H3/t29-,30-,31+,32+,33-,34-,35-,36-,37?,38?,40+,41+,42-,43-/m0/s1. The Morgan fingerprint density at radius 3 is 1.31 bits per heavy atom. The smallest absolute Gasteiger partial charge is 0.156 e. The van der Waals surface area contributed by atoms with Crippen molar-refractivity contribution in [3.8, 4) is 0 Å². The van der Waals surface area contributed by atoms with Crippen LogP contribution < -0.4 is 0 Å². The summed E-state index contributed by atoms with van der Waals surface area (Å²) in [7, 11) is 0. The van der Waals surface area contributed by atoms with Crippen LogP contribution in [0, 0.1) is 80.8 Å². The Bertz CT molecular complexity index is 1440. The highest BCUT2D eigenvalue weighted by Gasteiger charge is 2.66. The van der Waals surface area contributed by atoms with Gasteiger partial charge in [0.2, 0.25) is 0 Å². The number of carbonyl (C=O) groups excluding carboxylic acids is 5. The van der Waals surface area contributed by atoms with Crippen LogP contribution in [0.4, 0.5) is 0 Å². The number of hydrogen-bond donors (Lipinski definition) is 0. The number of ketones is 5. The summed E-state index contributed by atoms with van der Waals surface area (Å²) in [4.78, 5) is 68.1. The van der Waals surface area contributed by atoms with Crippen LogP contribution in [0.5, 0.6) is 0 Å². The van der Waals surface area contributed by atoms with Crippen LogP contribution in [0.15, 0.2) is 23.3 Å². The lowest BCUT2D eigenvalue weighted by atomic mass is 9.41. The summed E-state index contributed by atoms with van der Waals surface area (Å²) in [6, 6.07) is 0. The van der Waals surface area contributed by atoms with Gasteiger partial charge in [0, 0.05) is 47.3 Å². The van der Waals surface area contributed by atoms with E-state index in [0.717, 1.165) is 77.0 Å². The van der Waals surface area contributed by atoms with Crippen molar-refractivity contribution < 1.29 is 24.0 Å². The Morgan fingerprint density at radius 2 is 0.938 bits per heavy atom. The minimum atomic E-state index is -0.399. The molecule has 6 saturated carbocycles. The van der Waals surface area contributed by atoms with Crippen molar-refractivity contribution >= 4 is 28.9 Å². The molecule has 48 heavy (non-hydrogen) atoms. The van der Waals surface area contributed by atoms with Crippen LogP contribution in [-0.2, 0) is 24.0 Å². The normalized spacial score (nSPS) is 50.9. The van der Waals surface area contributed by atoms with Crippen LogP contribution >= 0.6 is 0 Å². The van der Waals surface area contributed by atoms with Gasteiger partial charge in [0.05, 0.1) is 0 Å². The van der Waals surface area contributed by atoms with Gasteiger partial charge in [-0.05, 0) is 149 Å². The molecule has 0 aromatic heterocycles. The first-order valence-corrected chi connectivity index (χ1v) is 19.7. The van der Waals surface area contributed by atoms with E-state index in [9.17, 15) is 19.2 Å². The summed E-state index contributed by atoms with van der Waals surface area (Å²) in [5.74, 6) is 3.03. The second-order valence-corrected chi connectivity index (χ2v) is 19.2. The maximum atomic E-state index is 15.5. The van der Waals surface area contributed by atoms with Crippen molar-refractivity contribution in [3.05, 3.63) is 23.3 Å². The predicted octanol–water partition coefficient (Wildman–Crippen LogP) is 8.48. The molecule has 8 rings (SSSR count). The molecule has 0 N–H and O–H groups in total. The minimum Gasteiger partial charge on any atom is -0.300 e. The summed E-state index contributed by atoms with van der Waals surface area (Å²) in [5, 5.41) is 0. The first-order chi connectivity index (χ1) is 22.7. The van der Waals surface area contributed by atoms with Crippen molar-refractivity contribution in [3.63, 3.8) is 0 Å². The zero-order chi connectivity index (χ0) is 34.1. The number of carbonyl (C=O) groups is 5. The molecule has 0 aromatic rings. The number of rotatable bonds is 4. The molecule has 260 valence electrons. The molecule has 0 spiro atoms. The zero-order valence-corrected chi connectivity index (χ0v) is 30.4. The van der Waals surface area contributed by atoms with E-state index in [0.29, 0.717) is 47.1 Å². The largest absolute Gasteiger partial charge is 0.300 e. The second kappa shape index (κ2) is 10.9. The van der Waals surface area contributed by atoms with Crippen LogP contribution in [0.25, 0.3) is 0 Å². The van der Waals surface area contributed by atoms with Crippen LogP contribution in [-0.4, -0.2) is 28.9 Å². The maximum absolute atomic E-state index is 15.5. The van der Waals surface area contributed by atoms with E-state index < -0.39 is 11.8 Å². The highest BCUT2D eigenvalue weighted by atomic mass is 16.1. The Kier molecular flexibility index (Phi) is 7.50. The topological polar surface area (TPSA) is 85.3 Å². The van der Waals surface area contributed by atoms with Gasteiger partial charge < -0.3 is 0 Å². The van der Waals surface area contributed by atoms with Crippen molar-refractivity contribution in [2.45, 2.75) is 131 Å². The van der Waals surface area contributed by atoms with Gasteiger partial charge in [0.15, 0.2) is 11.6 Å². The van der Waals surface area contributed by atoms with E-state index in [1.165, 1.54) is 11.1 Å². The van der Waals surface area contributed by atoms with Crippen molar-refractivity contribution in [2.24, 2.45) is 80.8 Å². The second-order valence-electron chi connectivity index (χ2n) is 19.2. The fraction of sp³-hybridized carbons (Fsp3) is 0.791. The molecule has 8 aliphatic rings. The predicted molar refractivity (Wildman–Crippen MR) is 185 cm³/mol. The number of fused-ring (bicyclic) bond motifs is 10. The highest BCUT2D eigenvalue weighted by Crippen LogP contribution is 2.70. The summed E-state index contributed by atoms with van der Waals surface area (Å²) in [6.07, 6.45) is 16.3. The molecule has 0 bridgehead atoms. The maximum Gasteiger partial charge on any atom is 0.156 e. The fourth-order valence-electron chi connectivity index (χ4n) is 15.7. The van der Waals surface area contributed by atoms with E-state index in [-0.39, 0.29) is 63.7 Å². The minimum absolute atomic E-state index is 0.0335.